The first kappa shape index (κ1) is 16.0. The number of aliphatic hydroxyl groups excluding tert-OH is 1. The molecule has 112 valence electrons. The fraction of sp³-hybridized carbons (Fsp3) is 0.500. The topological polar surface area (TPSA) is 69.6 Å². The lowest BCUT2D eigenvalue weighted by Crippen LogP contribution is -2.47. The Hall–Kier alpha value is -0.340. The van der Waals surface area contributed by atoms with E-state index in [0.717, 1.165) is 12.8 Å². The van der Waals surface area contributed by atoms with Gasteiger partial charge in [-0.15, -0.1) is 0 Å². The molecule has 1 aliphatic rings. The average Bonchev–Trinajstić information content (AvgIpc) is 2.42. The van der Waals surface area contributed by atoms with Crippen LogP contribution in [0.3, 0.4) is 0 Å². The highest BCUT2D eigenvalue weighted by Gasteiger charge is 2.31. The first-order valence-corrected chi connectivity index (χ1v) is 8.90. The zero-order valence-electron chi connectivity index (χ0n) is 10.7. The maximum Gasteiger partial charge on any atom is 0.301 e. The minimum Gasteiger partial charge on any atom is -0.395 e. The Morgan fingerprint density at radius 2 is 2.20 bits per heavy atom. The molecule has 5 nitrogen and oxygen atoms in total. The van der Waals surface area contributed by atoms with Gasteiger partial charge in [0.15, 0.2) is 0 Å². The molecule has 0 bridgehead atoms. The molecule has 0 aromatic heterocycles. The van der Waals surface area contributed by atoms with Crippen LogP contribution in [-0.4, -0.2) is 37.0 Å². The van der Waals surface area contributed by atoms with E-state index in [0.29, 0.717) is 28.1 Å². The van der Waals surface area contributed by atoms with Crippen molar-refractivity contribution in [2.75, 3.05) is 17.9 Å². The molecule has 0 radical (unpaired) electrons. The van der Waals surface area contributed by atoms with Crippen molar-refractivity contribution in [3.05, 3.63) is 27.7 Å². The Balaban J connectivity index is 2.19. The van der Waals surface area contributed by atoms with Crippen molar-refractivity contribution in [2.24, 2.45) is 0 Å². The number of halogens is 2. The molecule has 20 heavy (non-hydrogen) atoms. The molecule has 1 saturated heterocycles. The normalized spacial score (nSPS) is 20.9. The van der Waals surface area contributed by atoms with Crippen molar-refractivity contribution in [3.63, 3.8) is 0 Å². The molecule has 8 heteroatoms. The summed E-state index contributed by atoms with van der Waals surface area (Å²) in [6.07, 6.45) is 2.42. The number of nitrogens with one attached hydrogen (secondary N) is 1. The quantitative estimate of drug-likeness (QED) is 0.839. The third kappa shape index (κ3) is 3.65. The number of benzene rings is 1. The second-order valence-corrected chi connectivity index (χ2v) is 7.56. The SMILES string of the molecule is O=S(=O)(Nc1ccc(Cl)c(Br)c1)N1CCCCC1CO. The van der Waals surface area contributed by atoms with E-state index >= 15 is 0 Å². The molecule has 2 N–H and O–H groups in total. The van der Waals surface area contributed by atoms with Gasteiger partial charge >= 0.3 is 10.2 Å². The minimum absolute atomic E-state index is 0.161. The second kappa shape index (κ2) is 6.62. The fourth-order valence-corrected chi connectivity index (χ4v) is 4.21. The van der Waals surface area contributed by atoms with E-state index in [9.17, 15) is 13.5 Å². The first-order valence-electron chi connectivity index (χ1n) is 6.29. The van der Waals surface area contributed by atoms with E-state index in [2.05, 4.69) is 20.7 Å². The third-order valence-electron chi connectivity index (χ3n) is 3.26. The molecule has 0 amide bonds. The first-order chi connectivity index (χ1) is 9.44. The van der Waals surface area contributed by atoms with Crippen LogP contribution in [-0.2, 0) is 10.2 Å². The Bertz CT molecular complexity index is 582. The van der Waals surface area contributed by atoms with Crippen LogP contribution in [0.15, 0.2) is 22.7 Å². The smallest absolute Gasteiger partial charge is 0.301 e. The summed E-state index contributed by atoms with van der Waals surface area (Å²) in [5, 5.41) is 9.83. The Kier molecular flexibility index (Phi) is 5.30. The van der Waals surface area contributed by atoms with Gasteiger partial charge in [0.2, 0.25) is 0 Å². The summed E-state index contributed by atoms with van der Waals surface area (Å²) in [4.78, 5) is 0. The summed E-state index contributed by atoms with van der Waals surface area (Å²) in [7, 11) is -3.67. The van der Waals surface area contributed by atoms with Crippen LogP contribution in [0.5, 0.6) is 0 Å². The van der Waals surface area contributed by atoms with Crippen LogP contribution in [0, 0.1) is 0 Å². The van der Waals surface area contributed by atoms with Gasteiger partial charge in [-0.05, 0) is 47.0 Å². The lowest BCUT2D eigenvalue weighted by atomic mass is 10.1. The van der Waals surface area contributed by atoms with Crippen molar-refractivity contribution in [1.29, 1.82) is 0 Å². The number of aliphatic hydroxyl groups is 1. The highest BCUT2D eigenvalue weighted by Crippen LogP contribution is 2.27. The maximum absolute atomic E-state index is 12.4. The van der Waals surface area contributed by atoms with Gasteiger partial charge in [0.1, 0.15) is 0 Å². The summed E-state index contributed by atoms with van der Waals surface area (Å²) < 4.78 is 29.2. The molecule has 1 heterocycles. The average molecular weight is 384 g/mol. The molecule has 0 spiro atoms. The molecular formula is C12H16BrClN2O3S. The Morgan fingerprint density at radius 3 is 2.85 bits per heavy atom. The van der Waals surface area contributed by atoms with Crippen molar-refractivity contribution in [2.45, 2.75) is 25.3 Å². The molecule has 1 aromatic carbocycles. The molecule has 0 aliphatic carbocycles. The Labute approximate surface area is 132 Å². The zero-order valence-corrected chi connectivity index (χ0v) is 13.9. The lowest BCUT2D eigenvalue weighted by Gasteiger charge is -2.33. The van der Waals surface area contributed by atoms with E-state index in [1.807, 2.05) is 0 Å². The summed E-state index contributed by atoms with van der Waals surface area (Å²) in [5.74, 6) is 0. The fourth-order valence-electron chi connectivity index (χ4n) is 2.24. The van der Waals surface area contributed by atoms with Gasteiger partial charge < -0.3 is 5.11 Å². The maximum atomic E-state index is 12.4. The third-order valence-corrected chi connectivity index (χ3v) is 6.06. The monoisotopic (exact) mass is 382 g/mol. The van der Waals surface area contributed by atoms with Gasteiger partial charge in [-0.3, -0.25) is 4.72 Å². The highest BCUT2D eigenvalue weighted by molar-refractivity contribution is 9.10. The minimum atomic E-state index is -3.67. The molecule has 1 fully saturated rings. The number of hydrogen-bond donors (Lipinski definition) is 2. The molecule has 2 rings (SSSR count). The van der Waals surface area contributed by atoms with Crippen LogP contribution < -0.4 is 4.72 Å². The number of rotatable bonds is 4. The summed E-state index contributed by atoms with van der Waals surface area (Å²) in [6.45, 7) is 0.264. The van der Waals surface area contributed by atoms with E-state index in [1.54, 1.807) is 18.2 Å². The summed E-state index contributed by atoms with van der Waals surface area (Å²) >= 11 is 9.13. The molecule has 1 unspecified atom stereocenters. The zero-order chi connectivity index (χ0) is 14.8. The second-order valence-electron chi connectivity index (χ2n) is 4.68. The van der Waals surface area contributed by atoms with Gasteiger partial charge in [-0.25, -0.2) is 0 Å². The summed E-state index contributed by atoms with van der Waals surface area (Å²) in [6, 6.07) is 4.47. The lowest BCUT2D eigenvalue weighted by molar-refractivity contribution is 0.156. The molecule has 1 aliphatic heterocycles. The molecule has 0 saturated carbocycles. The van der Waals surface area contributed by atoms with E-state index < -0.39 is 10.2 Å². The van der Waals surface area contributed by atoms with Crippen LogP contribution in [0.2, 0.25) is 5.02 Å². The molecule has 1 aromatic rings. The Morgan fingerprint density at radius 1 is 1.45 bits per heavy atom. The predicted octanol–water partition coefficient (Wildman–Crippen LogP) is 2.61. The van der Waals surface area contributed by atoms with Crippen molar-refractivity contribution >= 4 is 43.4 Å². The molecular weight excluding hydrogens is 368 g/mol. The van der Waals surface area contributed by atoms with Crippen LogP contribution in [0.1, 0.15) is 19.3 Å². The number of piperidine rings is 1. The molecule has 1 atom stereocenters. The van der Waals surface area contributed by atoms with Crippen molar-refractivity contribution in [1.82, 2.24) is 4.31 Å². The van der Waals surface area contributed by atoms with Gasteiger partial charge in [0.05, 0.1) is 17.3 Å². The number of hydrogen-bond acceptors (Lipinski definition) is 3. The van der Waals surface area contributed by atoms with Crippen molar-refractivity contribution in [3.8, 4) is 0 Å². The van der Waals surface area contributed by atoms with Crippen LogP contribution >= 0.6 is 27.5 Å². The van der Waals surface area contributed by atoms with E-state index in [-0.39, 0.29) is 12.6 Å². The number of nitrogens with zero attached hydrogens (tertiary/aromatic N) is 1. The van der Waals surface area contributed by atoms with E-state index in [1.165, 1.54) is 4.31 Å². The van der Waals surface area contributed by atoms with Gasteiger partial charge in [0, 0.05) is 17.1 Å². The highest BCUT2D eigenvalue weighted by atomic mass is 79.9. The largest absolute Gasteiger partial charge is 0.395 e. The standard InChI is InChI=1S/C12H16BrClN2O3S/c13-11-7-9(4-5-12(11)14)15-20(18,19)16-6-2-1-3-10(16)8-17/h4-5,7,10,15,17H,1-3,6,8H2. The van der Waals surface area contributed by atoms with E-state index in [4.69, 9.17) is 11.6 Å². The van der Waals surface area contributed by atoms with Crippen molar-refractivity contribution < 1.29 is 13.5 Å². The number of anilines is 1. The summed E-state index contributed by atoms with van der Waals surface area (Å²) in [5.41, 5.74) is 0.434. The predicted molar refractivity (Wildman–Crippen MR) is 83.1 cm³/mol. The van der Waals surface area contributed by atoms with Crippen LogP contribution in [0.25, 0.3) is 0 Å². The van der Waals surface area contributed by atoms with Gasteiger partial charge in [-0.2, -0.15) is 12.7 Å². The van der Waals surface area contributed by atoms with Crippen LogP contribution in [0.4, 0.5) is 5.69 Å². The van der Waals surface area contributed by atoms with Gasteiger partial charge in [-0.1, -0.05) is 18.0 Å². The van der Waals surface area contributed by atoms with Gasteiger partial charge in [0.25, 0.3) is 0 Å².